The summed E-state index contributed by atoms with van der Waals surface area (Å²) in [5, 5.41) is 97.5. The van der Waals surface area contributed by atoms with Gasteiger partial charge in [0.05, 0.1) is 43.1 Å². The fourth-order valence-electron chi connectivity index (χ4n) is 12.7. The van der Waals surface area contributed by atoms with Gasteiger partial charge in [-0.3, -0.25) is 28.8 Å². The van der Waals surface area contributed by atoms with Crippen molar-refractivity contribution in [2.45, 2.75) is 114 Å². The number of nitrogens with one attached hydrogen (secondary N) is 6. The normalized spacial score (nSPS) is 22.3. The van der Waals surface area contributed by atoms with E-state index in [9.17, 15) is 63.1 Å². The number of rotatable bonds is 11. The lowest BCUT2D eigenvalue weighted by molar-refractivity contribution is -0.280. The van der Waals surface area contributed by atoms with E-state index < -0.39 is 151 Å². The second kappa shape index (κ2) is 33.2. The highest BCUT2D eigenvalue weighted by atomic mass is 32.1. The van der Waals surface area contributed by atoms with Crippen LogP contribution in [0.2, 0.25) is 0 Å². The third-order valence-corrected chi connectivity index (χ3v) is 22.3. The van der Waals surface area contributed by atoms with Crippen molar-refractivity contribution < 1.29 is 121 Å². The number of halogens is 3. The summed E-state index contributed by atoms with van der Waals surface area (Å²) in [7, 11) is 4.83. The molecule has 13 rings (SSSR count). The van der Waals surface area contributed by atoms with Crippen LogP contribution in [0.15, 0.2) is 75.1 Å². The van der Waals surface area contributed by atoms with Crippen LogP contribution in [0.1, 0.15) is 135 Å². The molecule has 1 saturated heterocycles. The number of carboxylic acids is 1. The Morgan fingerprint density at radius 3 is 2.07 bits per heavy atom. The van der Waals surface area contributed by atoms with Crippen LogP contribution in [0.3, 0.4) is 0 Å². The smallest absolute Gasteiger partial charge is 0.490 e. The lowest BCUT2D eigenvalue weighted by atomic mass is 9.85. The zero-order valence-corrected chi connectivity index (χ0v) is 64.0. The van der Waals surface area contributed by atoms with Crippen molar-refractivity contribution in [3.05, 3.63) is 135 Å². The van der Waals surface area contributed by atoms with E-state index in [1.807, 2.05) is 0 Å². The van der Waals surface area contributed by atoms with Gasteiger partial charge in [0.25, 0.3) is 29.5 Å². The number of aromatic hydroxyl groups is 3. The first kappa shape index (κ1) is 81.3. The van der Waals surface area contributed by atoms with Crippen molar-refractivity contribution in [2.75, 3.05) is 40.9 Å². The van der Waals surface area contributed by atoms with Gasteiger partial charge in [0.15, 0.2) is 18.1 Å². The molecular formula is C69H67F3N14O22S5. The number of esters is 2. The molecule has 12 bridgehead atoms. The first-order valence-corrected chi connectivity index (χ1v) is 38.1. The highest BCUT2D eigenvalue weighted by Crippen LogP contribution is 2.43. The summed E-state index contributed by atoms with van der Waals surface area (Å²) < 4.78 is 70.0. The van der Waals surface area contributed by atoms with Crippen LogP contribution >= 0.6 is 56.7 Å². The van der Waals surface area contributed by atoms with E-state index in [4.69, 9.17) is 53.3 Å². The predicted molar refractivity (Wildman–Crippen MR) is 392 cm³/mol. The van der Waals surface area contributed by atoms with Crippen LogP contribution in [0.25, 0.3) is 49.3 Å². The Balaban J connectivity index is 0.00000161. The number of methoxy groups -OCH3 is 1. The van der Waals surface area contributed by atoms with Crippen molar-refractivity contribution in [3.8, 4) is 49.9 Å². The number of alkyl halides is 3. The molecule has 13 N–H and O–H groups in total. The monoisotopic (exact) mass is 1660 g/mol. The SMILES string of the molecule is CO/C(C)=C1/NC(=O)[C@H]([C@@H](C)O)NC(=O)c2csc(n2)-c2cc(O)c(-c3nc(C(=O)NCCNC(=O)c4cc(O)cc(O)c4)cs3)nc2-c2csc(n2)[C@@H]2COC(=O)c3c4c5c(cccc5n3O)COC(=O)[C@@H](O[C@H]3C[C@](C)(O)[C@H](N(C)C)[C@H](C)O3)[C@@H](OC4)[C@H](NC(=O)c3csc1n3)c1nc(cs1)C(=O)N2.O=C(O)C(F)(F)F. The highest BCUT2D eigenvalue weighted by molar-refractivity contribution is 7.14. The molecule has 0 spiro atoms. The van der Waals surface area contributed by atoms with Gasteiger partial charge in [-0.1, -0.05) is 12.1 Å². The summed E-state index contributed by atoms with van der Waals surface area (Å²) in [6.07, 6.45) is -12.7. The molecule has 0 aliphatic carbocycles. The zero-order valence-electron chi connectivity index (χ0n) is 59.9. The molecule has 0 radical (unpaired) electrons. The van der Waals surface area contributed by atoms with Crippen LogP contribution in [-0.2, 0) is 56.0 Å². The number of carboxylic acid groups (broad SMARTS) is 1. The van der Waals surface area contributed by atoms with Crippen LogP contribution in [-0.4, -0.2) is 224 Å². The number of cyclic esters (lactones) is 2. The number of allylic oxidation sites excluding steroid dienone is 1. The number of carbonyl (C=O) groups is 9. The van der Waals surface area contributed by atoms with Gasteiger partial charge in [0, 0.05) is 74.6 Å². The maximum absolute atomic E-state index is 15.2. The number of aliphatic carboxylic acids is 1. The number of pyridine rings is 1. The van der Waals surface area contributed by atoms with E-state index in [2.05, 4.69) is 46.9 Å². The van der Waals surface area contributed by atoms with Crippen molar-refractivity contribution in [2.24, 2.45) is 0 Å². The number of amides is 6. The van der Waals surface area contributed by atoms with E-state index in [1.54, 1.807) is 45.0 Å². The number of likely N-dealkylation sites (N-methyl/N-ethyl adjacent to an activating group) is 1. The molecule has 2 aromatic carbocycles. The number of aromatic nitrogens is 7. The average Bonchev–Trinajstić information content (AvgIpc) is 1.67. The Hall–Kier alpha value is -11.2. The van der Waals surface area contributed by atoms with Crippen LogP contribution in [0.5, 0.6) is 17.2 Å². The number of ether oxygens (including phenoxy) is 6. The molecule has 0 unspecified atom stereocenters. The first-order chi connectivity index (χ1) is 53.6. The number of carbonyl (C=O) groups excluding carboxylic acids is 8. The van der Waals surface area contributed by atoms with Gasteiger partial charge in [-0.2, -0.15) is 17.9 Å². The number of benzene rings is 2. The second-order valence-electron chi connectivity index (χ2n) is 26.1. The number of aliphatic hydroxyl groups is 2. The average molecular weight is 1660 g/mol. The fourth-order valence-corrected chi connectivity index (χ4v) is 16.9. The standard InChI is InChI=1S/C67H66N14O20S5.C2HF3O2/c1-26(82)45-59(91)78-46(27(2)96-7)62-74-40(25-104-62)58(90)79-49-51-52(101-43-17-67(4,94)53(80(5)6)28(3)100-43)66(93)98-18-29-9-8-10-41-44(29)34(19-97-51)50(81(41)95)65(92)99-20-35(70-56(88)38-24-106-64(49)75-38)61-71-36(21-103-61)47-33(60-72-39(23-102-60)57(89)77-45)16-42(85)48(76-47)63-73-37(22-105-63)55(87)69-12-11-68-54(86)30-13-31(83)15-32(84)14-30;3-2(4,5)1(6)7/h8-10,13-16,21-26,28,35,43,45,49,51-53,82-85,94-95H,11-12,17-20H2,1-7H3,(H,68,86)(H,69,87)(H,70,88)(H,77,89)(H,78,91)(H,79,90);(H,6,7)/b46-27+;/t26-,28+,35+,43+,45+,49+,51+,52+,53-,67+;/m1./s1. The molecule has 9 aromatic rings. The number of nitrogens with zero attached hydrogens (tertiary/aromatic N) is 8. The van der Waals surface area contributed by atoms with E-state index >= 15 is 19.2 Å². The first-order valence-electron chi connectivity index (χ1n) is 33.7. The Kier molecular flexibility index (Phi) is 23.9. The molecule has 113 heavy (non-hydrogen) atoms. The Bertz CT molecular complexity index is 5250. The minimum absolute atomic E-state index is 0.00422. The highest BCUT2D eigenvalue weighted by Gasteiger charge is 2.50. The summed E-state index contributed by atoms with van der Waals surface area (Å²) in [5.74, 6) is -11.2. The minimum atomic E-state index is -5.08. The van der Waals surface area contributed by atoms with Gasteiger partial charge < -0.3 is 101 Å². The summed E-state index contributed by atoms with van der Waals surface area (Å²) in [6, 6.07) is 3.96. The third-order valence-electron chi connectivity index (χ3n) is 17.9. The van der Waals surface area contributed by atoms with Gasteiger partial charge in [0.1, 0.15) is 131 Å². The van der Waals surface area contributed by atoms with Gasteiger partial charge >= 0.3 is 24.1 Å². The van der Waals surface area contributed by atoms with E-state index in [0.717, 1.165) is 74.9 Å². The minimum Gasteiger partial charge on any atom is -0.508 e. The van der Waals surface area contributed by atoms with Gasteiger partial charge in [-0.05, 0) is 71.6 Å². The topological polar surface area (TPSA) is 508 Å². The quantitative estimate of drug-likeness (QED) is 0.0335. The number of hydrogen-bond acceptors (Lipinski definition) is 33. The summed E-state index contributed by atoms with van der Waals surface area (Å²) in [4.78, 5) is 155. The maximum Gasteiger partial charge on any atom is 0.490 e. The van der Waals surface area contributed by atoms with Crippen LogP contribution in [0, 0.1) is 0 Å². The summed E-state index contributed by atoms with van der Waals surface area (Å²) in [5.41, 5.74) is -2.84. The molecule has 10 atom stereocenters. The Labute approximate surface area is 655 Å². The lowest BCUT2D eigenvalue weighted by Crippen LogP contribution is -2.62. The molecule has 44 heteroatoms. The van der Waals surface area contributed by atoms with Crippen molar-refractivity contribution >= 4 is 127 Å². The number of aliphatic hydroxyl groups excluding tert-OH is 1. The zero-order chi connectivity index (χ0) is 81.4. The number of fused-ring (bicyclic) bond motifs is 15. The number of phenolic OH excluding ortho intramolecular Hbond substituents is 2. The van der Waals surface area contributed by atoms with Gasteiger partial charge in [-0.25, -0.2) is 44.3 Å². The summed E-state index contributed by atoms with van der Waals surface area (Å²) in [6.45, 7) is 4.03. The van der Waals surface area contributed by atoms with E-state index in [-0.39, 0.29) is 135 Å². The summed E-state index contributed by atoms with van der Waals surface area (Å²) >= 11 is 4.49. The number of thiazole rings is 5. The molecule has 7 aromatic heterocycles. The number of phenols is 2. The molecular weight excluding hydrogens is 1590 g/mol. The molecule has 0 saturated carbocycles. The molecule has 4 aliphatic heterocycles. The Morgan fingerprint density at radius 1 is 0.779 bits per heavy atom. The largest absolute Gasteiger partial charge is 0.508 e. The third kappa shape index (κ3) is 17.5. The molecule has 596 valence electrons. The van der Waals surface area contributed by atoms with Crippen molar-refractivity contribution in [1.82, 2.24) is 71.4 Å². The molecule has 36 nitrogen and oxygen atoms in total. The molecule has 6 amide bonds. The van der Waals surface area contributed by atoms with Gasteiger partial charge in [-0.15, -0.1) is 56.7 Å². The van der Waals surface area contributed by atoms with E-state index in [1.165, 1.54) is 60.0 Å². The van der Waals surface area contributed by atoms with Gasteiger partial charge in [0.2, 0.25) is 5.91 Å². The fraction of sp³-hybridized carbons (Fsp3) is 0.348. The van der Waals surface area contributed by atoms with Crippen LogP contribution < -0.4 is 31.9 Å². The van der Waals surface area contributed by atoms with Crippen molar-refractivity contribution in [3.63, 3.8) is 0 Å². The van der Waals surface area contributed by atoms with Crippen molar-refractivity contribution in [1.29, 1.82) is 0 Å². The number of hydrogen-bond donors (Lipinski definition) is 13. The Morgan fingerprint density at radius 2 is 1.40 bits per heavy atom. The second-order valence-corrected chi connectivity index (χ2v) is 30.4. The lowest BCUT2D eigenvalue weighted by Gasteiger charge is -2.48. The van der Waals surface area contributed by atoms with E-state index in [0.29, 0.717) is 10.3 Å². The molecule has 4 aliphatic rings. The molecule has 1 fully saturated rings. The molecule has 11 heterocycles. The predicted octanol–water partition coefficient (Wildman–Crippen LogP) is 5.37. The van der Waals surface area contributed by atoms with Crippen LogP contribution in [0.4, 0.5) is 13.2 Å². The maximum atomic E-state index is 15.2.